The third-order valence-electron chi connectivity index (χ3n) is 4.88. The van der Waals surface area contributed by atoms with Gasteiger partial charge in [0.25, 0.3) is 5.91 Å². The minimum Gasteiger partial charge on any atom is -0.339 e. The van der Waals surface area contributed by atoms with E-state index in [1.54, 1.807) is 4.90 Å². The number of pyridine rings is 1. The van der Waals surface area contributed by atoms with Crippen LogP contribution >= 0.6 is 12.4 Å². The normalized spacial score (nSPS) is 20.5. The highest BCUT2D eigenvalue weighted by atomic mass is 35.5. The van der Waals surface area contributed by atoms with E-state index in [9.17, 15) is 9.18 Å². The fraction of sp³-hybridized carbons (Fsp3) is 0.625. The quantitative estimate of drug-likeness (QED) is 0.907. The molecule has 6 heteroatoms. The molecular weight excluding hydrogens is 305 g/mol. The van der Waals surface area contributed by atoms with Gasteiger partial charge >= 0.3 is 0 Å². The summed E-state index contributed by atoms with van der Waals surface area (Å²) in [6.07, 6.45) is 7.16. The van der Waals surface area contributed by atoms with Crippen LogP contribution in [0.1, 0.15) is 36.0 Å². The number of rotatable bonds is 2. The maximum atomic E-state index is 13.6. The molecule has 0 radical (unpaired) electrons. The van der Waals surface area contributed by atoms with Crippen molar-refractivity contribution < 1.29 is 9.18 Å². The van der Waals surface area contributed by atoms with Crippen LogP contribution in [0.15, 0.2) is 18.5 Å². The van der Waals surface area contributed by atoms with E-state index >= 15 is 0 Å². The van der Waals surface area contributed by atoms with Crippen LogP contribution in [0.3, 0.4) is 0 Å². The van der Waals surface area contributed by atoms with Crippen molar-refractivity contribution in [3.05, 3.63) is 29.8 Å². The summed E-state index contributed by atoms with van der Waals surface area (Å²) in [5, 5.41) is 3.40. The van der Waals surface area contributed by atoms with Crippen molar-refractivity contribution in [2.24, 2.45) is 11.8 Å². The van der Waals surface area contributed by atoms with E-state index in [1.165, 1.54) is 25.1 Å². The summed E-state index contributed by atoms with van der Waals surface area (Å²) in [6.45, 7) is 3.72. The average Bonchev–Trinajstić information content (AvgIpc) is 2.56. The Hall–Kier alpha value is -1.20. The second kappa shape index (κ2) is 7.88. The minimum absolute atomic E-state index is 0. The lowest BCUT2D eigenvalue weighted by molar-refractivity contribution is 0.0637. The number of hydrogen-bond donors (Lipinski definition) is 1. The monoisotopic (exact) mass is 327 g/mol. The van der Waals surface area contributed by atoms with Crippen LogP contribution in [0.25, 0.3) is 0 Å². The Labute approximate surface area is 136 Å². The Morgan fingerprint density at radius 2 is 1.82 bits per heavy atom. The summed E-state index contributed by atoms with van der Waals surface area (Å²) in [6, 6.07) is 1.47. The molecule has 0 aliphatic carbocycles. The van der Waals surface area contributed by atoms with Crippen LogP contribution in [-0.2, 0) is 0 Å². The van der Waals surface area contributed by atoms with Crippen LogP contribution in [0.4, 0.5) is 4.39 Å². The highest BCUT2D eigenvalue weighted by Gasteiger charge is 2.30. The summed E-state index contributed by atoms with van der Waals surface area (Å²) in [5.74, 6) is 0.793. The number of nitrogens with zero attached hydrogens (tertiary/aromatic N) is 2. The number of amides is 1. The molecule has 0 bridgehead atoms. The fourth-order valence-electron chi connectivity index (χ4n) is 3.61. The molecule has 22 heavy (non-hydrogen) atoms. The molecule has 2 aliphatic rings. The number of hydrogen-bond acceptors (Lipinski definition) is 3. The zero-order chi connectivity index (χ0) is 14.7. The lowest BCUT2D eigenvalue weighted by Crippen LogP contribution is -2.42. The Morgan fingerprint density at radius 3 is 2.45 bits per heavy atom. The van der Waals surface area contributed by atoms with Crippen molar-refractivity contribution in [2.75, 3.05) is 26.2 Å². The molecule has 1 aromatic heterocycles. The van der Waals surface area contributed by atoms with Crippen molar-refractivity contribution in [1.82, 2.24) is 15.2 Å². The summed E-state index contributed by atoms with van der Waals surface area (Å²) < 4.78 is 13.6. The zero-order valence-corrected chi connectivity index (χ0v) is 13.4. The van der Waals surface area contributed by atoms with Crippen LogP contribution < -0.4 is 5.32 Å². The van der Waals surface area contributed by atoms with Gasteiger partial charge in [0, 0.05) is 19.3 Å². The molecule has 0 saturated carbocycles. The molecule has 0 atom stereocenters. The second-order valence-corrected chi connectivity index (χ2v) is 6.07. The van der Waals surface area contributed by atoms with E-state index in [2.05, 4.69) is 10.3 Å². The standard InChI is InChI=1S/C16H22FN3O.ClH/c17-15-11-19-8-3-14(15)16(21)20-9-4-13(5-10-20)12-1-6-18-7-2-12;/h3,8,11-13,18H,1-2,4-7,9-10H2;1H. The third-order valence-corrected chi connectivity index (χ3v) is 4.88. The van der Waals surface area contributed by atoms with Crippen LogP contribution in [0, 0.1) is 17.7 Å². The van der Waals surface area contributed by atoms with Gasteiger partial charge in [-0.1, -0.05) is 0 Å². The number of likely N-dealkylation sites (tertiary alicyclic amines) is 1. The van der Waals surface area contributed by atoms with Gasteiger partial charge in [-0.05, 0) is 56.7 Å². The lowest BCUT2D eigenvalue weighted by atomic mass is 9.79. The van der Waals surface area contributed by atoms with Gasteiger partial charge in [0.1, 0.15) is 0 Å². The highest BCUT2D eigenvalue weighted by molar-refractivity contribution is 5.94. The predicted octanol–water partition coefficient (Wildman–Crippen LogP) is 2.49. The largest absolute Gasteiger partial charge is 0.339 e. The van der Waals surface area contributed by atoms with Crippen molar-refractivity contribution in [3.63, 3.8) is 0 Å². The predicted molar refractivity (Wildman–Crippen MR) is 85.7 cm³/mol. The van der Waals surface area contributed by atoms with Crippen molar-refractivity contribution in [2.45, 2.75) is 25.7 Å². The number of carbonyl (C=O) groups is 1. The van der Waals surface area contributed by atoms with Gasteiger partial charge in [-0.15, -0.1) is 12.4 Å². The van der Waals surface area contributed by atoms with Gasteiger partial charge in [0.15, 0.2) is 5.82 Å². The zero-order valence-electron chi connectivity index (χ0n) is 12.6. The number of aromatic nitrogens is 1. The van der Waals surface area contributed by atoms with E-state index in [0.29, 0.717) is 0 Å². The fourth-order valence-corrected chi connectivity index (χ4v) is 3.61. The van der Waals surface area contributed by atoms with E-state index < -0.39 is 5.82 Å². The molecule has 0 aromatic carbocycles. The first-order chi connectivity index (χ1) is 10.3. The van der Waals surface area contributed by atoms with Gasteiger partial charge in [-0.3, -0.25) is 9.78 Å². The van der Waals surface area contributed by atoms with E-state index in [4.69, 9.17) is 0 Å². The van der Waals surface area contributed by atoms with Crippen molar-refractivity contribution >= 4 is 18.3 Å². The summed E-state index contributed by atoms with van der Waals surface area (Å²) in [4.78, 5) is 17.8. The van der Waals surface area contributed by atoms with Crippen LogP contribution in [0.5, 0.6) is 0 Å². The number of nitrogens with one attached hydrogen (secondary N) is 1. The molecule has 1 amide bonds. The van der Waals surface area contributed by atoms with E-state index in [1.807, 2.05) is 0 Å². The summed E-state index contributed by atoms with van der Waals surface area (Å²) >= 11 is 0. The molecule has 4 nitrogen and oxygen atoms in total. The Morgan fingerprint density at radius 1 is 1.18 bits per heavy atom. The maximum absolute atomic E-state index is 13.6. The number of carbonyl (C=O) groups excluding carboxylic acids is 1. The molecule has 2 fully saturated rings. The van der Waals surface area contributed by atoms with Gasteiger partial charge in [-0.2, -0.15) is 0 Å². The van der Waals surface area contributed by atoms with Crippen molar-refractivity contribution in [3.8, 4) is 0 Å². The van der Waals surface area contributed by atoms with Crippen molar-refractivity contribution in [1.29, 1.82) is 0 Å². The van der Waals surface area contributed by atoms with E-state index in [-0.39, 0.29) is 23.9 Å². The topological polar surface area (TPSA) is 45.2 Å². The second-order valence-electron chi connectivity index (χ2n) is 6.07. The smallest absolute Gasteiger partial charge is 0.256 e. The molecule has 3 heterocycles. The first-order valence-corrected chi connectivity index (χ1v) is 7.85. The number of halogens is 2. The number of piperidine rings is 2. The first-order valence-electron chi connectivity index (χ1n) is 7.85. The molecule has 122 valence electrons. The Bertz CT molecular complexity index is 500. The Kier molecular flexibility index (Phi) is 6.15. The van der Waals surface area contributed by atoms with Gasteiger partial charge in [0.05, 0.1) is 11.8 Å². The minimum atomic E-state index is -0.525. The molecule has 1 N–H and O–H groups in total. The molecule has 2 aliphatic heterocycles. The molecule has 2 saturated heterocycles. The third kappa shape index (κ3) is 3.76. The van der Waals surface area contributed by atoms with Crippen LogP contribution in [0.2, 0.25) is 0 Å². The van der Waals surface area contributed by atoms with Gasteiger partial charge < -0.3 is 10.2 Å². The van der Waals surface area contributed by atoms with Crippen LogP contribution in [-0.4, -0.2) is 42.0 Å². The molecular formula is C16H23ClFN3O. The van der Waals surface area contributed by atoms with E-state index in [0.717, 1.165) is 57.1 Å². The molecule has 1 aromatic rings. The first kappa shape index (κ1) is 17.2. The highest BCUT2D eigenvalue weighted by Crippen LogP contribution is 2.31. The van der Waals surface area contributed by atoms with Gasteiger partial charge in [-0.25, -0.2) is 4.39 Å². The molecule has 0 unspecified atom stereocenters. The Balaban J connectivity index is 0.00000176. The lowest BCUT2D eigenvalue weighted by Gasteiger charge is -2.37. The van der Waals surface area contributed by atoms with Gasteiger partial charge in [0.2, 0.25) is 0 Å². The maximum Gasteiger partial charge on any atom is 0.256 e. The SMILES string of the molecule is Cl.O=C(c1ccncc1F)N1CCC(C2CCNCC2)CC1. The summed E-state index contributed by atoms with van der Waals surface area (Å²) in [5.41, 5.74) is 0.144. The molecule has 0 spiro atoms. The average molecular weight is 328 g/mol. The molecule has 3 rings (SSSR count). The summed E-state index contributed by atoms with van der Waals surface area (Å²) in [7, 11) is 0.